The van der Waals surface area contributed by atoms with Gasteiger partial charge in [-0.2, -0.15) is 0 Å². The Bertz CT molecular complexity index is 791. The predicted octanol–water partition coefficient (Wildman–Crippen LogP) is 1.51. The van der Waals surface area contributed by atoms with Gasteiger partial charge < -0.3 is 14.7 Å². The Labute approximate surface area is 114 Å². The zero-order valence-electron chi connectivity index (χ0n) is 11.0. The van der Waals surface area contributed by atoms with Gasteiger partial charge in [0.2, 0.25) is 5.89 Å². The highest BCUT2D eigenvalue weighted by atomic mass is 16.4. The number of hydrogen-bond donors (Lipinski definition) is 2. The second-order valence-electron chi connectivity index (χ2n) is 4.50. The molecule has 0 radical (unpaired) electrons. The number of aromatic amines is 1. The van der Waals surface area contributed by atoms with Gasteiger partial charge >= 0.3 is 0 Å². The van der Waals surface area contributed by atoms with Gasteiger partial charge in [0.15, 0.2) is 0 Å². The monoisotopic (exact) mass is 270 g/mol. The van der Waals surface area contributed by atoms with Gasteiger partial charge in [0.05, 0.1) is 30.2 Å². The molecule has 0 atom stereocenters. The van der Waals surface area contributed by atoms with E-state index in [1.807, 2.05) is 25.1 Å². The van der Waals surface area contributed by atoms with Gasteiger partial charge in [-0.05, 0) is 19.1 Å². The second-order valence-corrected chi connectivity index (χ2v) is 4.50. The zero-order chi connectivity index (χ0) is 13.9. The number of nitrogens with one attached hydrogen (secondary N) is 2. The van der Waals surface area contributed by atoms with Crippen LogP contribution in [0.25, 0.3) is 10.9 Å². The van der Waals surface area contributed by atoms with Crippen LogP contribution < -0.4 is 10.9 Å². The molecule has 0 unspecified atom stereocenters. The van der Waals surface area contributed by atoms with Crippen molar-refractivity contribution >= 4 is 10.9 Å². The highest BCUT2D eigenvalue weighted by molar-refractivity contribution is 5.77. The summed E-state index contributed by atoms with van der Waals surface area (Å²) < 4.78 is 5.35. The Morgan fingerprint density at radius 2 is 2.15 bits per heavy atom. The maximum absolute atomic E-state index is 11.9. The second kappa shape index (κ2) is 5.26. The third-order valence-corrected chi connectivity index (χ3v) is 2.90. The van der Waals surface area contributed by atoms with Crippen molar-refractivity contribution in [3.05, 3.63) is 58.3 Å². The van der Waals surface area contributed by atoms with Crippen LogP contribution in [0.4, 0.5) is 0 Å². The first-order chi connectivity index (χ1) is 9.72. The lowest BCUT2D eigenvalue weighted by Gasteiger charge is -2.03. The predicted molar refractivity (Wildman–Crippen MR) is 74.1 cm³/mol. The molecule has 0 aliphatic carbocycles. The van der Waals surface area contributed by atoms with Crippen molar-refractivity contribution in [2.45, 2.75) is 20.0 Å². The molecule has 2 heterocycles. The molecule has 0 saturated heterocycles. The Morgan fingerprint density at radius 1 is 1.30 bits per heavy atom. The van der Waals surface area contributed by atoms with Gasteiger partial charge in [-0.15, -0.1) is 0 Å². The van der Waals surface area contributed by atoms with Crippen molar-refractivity contribution in [2.75, 3.05) is 0 Å². The number of H-pyrrole nitrogens is 1. The van der Waals surface area contributed by atoms with Crippen LogP contribution in [0.3, 0.4) is 0 Å². The molecule has 0 amide bonds. The first kappa shape index (κ1) is 12.6. The van der Waals surface area contributed by atoms with Crippen LogP contribution in [-0.2, 0) is 13.1 Å². The molecule has 6 nitrogen and oxygen atoms in total. The number of benzene rings is 1. The average molecular weight is 270 g/mol. The lowest BCUT2D eigenvalue weighted by Crippen LogP contribution is -2.19. The molecule has 0 bridgehead atoms. The summed E-state index contributed by atoms with van der Waals surface area (Å²) in [6.45, 7) is 2.78. The maximum Gasteiger partial charge on any atom is 0.258 e. The fourth-order valence-corrected chi connectivity index (χ4v) is 1.99. The number of aryl methyl sites for hydroxylation is 1. The smallest absolute Gasteiger partial charge is 0.258 e. The van der Waals surface area contributed by atoms with Gasteiger partial charge in [-0.3, -0.25) is 4.79 Å². The van der Waals surface area contributed by atoms with E-state index in [1.54, 1.807) is 12.3 Å². The van der Waals surface area contributed by atoms with Crippen LogP contribution in [0.15, 0.2) is 39.7 Å². The standard InChI is InChI=1S/C14H14N4O2/c1-9-6-16-13(20-9)8-15-7-12-17-11-5-3-2-4-10(11)14(19)18-12/h2-6,15H,7-8H2,1H3,(H,17,18,19). The fourth-order valence-electron chi connectivity index (χ4n) is 1.99. The van der Waals surface area contributed by atoms with E-state index >= 15 is 0 Å². The van der Waals surface area contributed by atoms with E-state index < -0.39 is 0 Å². The van der Waals surface area contributed by atoms with E-state index in [9.17, 15) is 4.79 Å². The molecule has 0 aliphatic rings. The minimum absolute atomic E-state index is 0.126. The largest absolute Gasteiger partial charge is 0.445 e. The van der Waals surface area contributed by atoms with E-state index in [1.165, 1.54) is 0 Å². The van der Waals surface area contributed by atoms with Crippen LogP contribution in [0.2, 0.25) is 0 Å². The third-order valence-electron chi connectivity index (χ3n) is 2.90. The number of hydrogen-bond acceptors (Lipinski definition) is 5. The summed E-state index contributed by atoms with van der Waals surface area (Å²) in [6, 6.07) is 7.27. The molecule has 102 valence electrons. The van der Waals surface area contributed by atoms with Crippen molar-refractivity contribution in [1.29, 1.82) is 0 Å². The fraction of sp³-hybridized carbons (Fsp3) is 0.214. The van der Waals surface area contributed by atoms with Crippen molar-refractivity contribution in [2.24, 2.45) is 0 Å². The highest BCUT2D eigenvalue weighted by Gasteiger charge is 2.04. The molecule has 2 aromatic heterocycles. The molecule has 3 aromatic rings. The van der Waals surface area contributed by atoms with Gasteiger partial charge in [0.25, 0.3) is 5.56 Å². The number of aromatic nitrogens is 3. The minimum atomic E-state index is -0.126. The van der Waals surface area contributed by atoms with Gasteiger partial charge in [0, 0.05) is 0 Å². The van der Waals surface area contributed by atoms with Crippen LogP contribution in [0.1, 0.15) is 17.5 Å². The lowest BCUT2D eigenvalue weighted by atomic mass is 10.2. The first-order valence-corrected chi connectivity index (χ1v) is 6.32. The third kappa shape index (κ3) is 2.60. The zero-order valence-corrected chi connectivity index (χ0v) is 11.0. The van der Waals surface area contributed by atoms with Crippen LogP contribution >= 0.6 is 0 Å². The molecule has 2 N–H and O–H groups in total. The Hall–Kier alpha value is -2.47. The molecule has 0 saturated carbocycles. The summed E-state index contributed by atoms with van der Waals surface area (Å²) in [5.74, 6) is 1.99. The summed E-state index contributed by atoms with van der Waals surface area (Å²) in [7, 11) is 0. The van der Waals surface area contributed by atoms with E-state index in [0.717, 1.165) is 5.76 Å². The summed E-state index contributed by atoms with van der Waals surface area (Å²) in [5, 5.41) is 3.73. The van der Waals surface area contributed by atoms with E-state index in [-0.39, 0.29) is 5.56 Å². The number of nitrogens with zero attached hydrogens (tertiary/aromatic N) is 2. The quantitative estimate of drug-likeness (QED) is 0.750. The Morgan fingerprint density at radius 3 is 2.95 bits per heavy atom. The SMILES string of the molecule is Cc1cnc(CNCc2nc3ccccc3c(=O)[nH]2)o1. The Balaban J connectivity index is 1.73. The number of rotatable bonds is 4. The van der Waals surface area contributed by atoms with Crippen LogP contribution in [0.5, 0.6) is 0 Å². The highest BCUT2D eigenvalue weighted by Crippen LogP contribution is 2.06. The summed E-state index contributed by atoms with van der Waals surface area (Å²) in [4.78, 5) is 23.1. The molecule has 6 heteroatoms. The van der Waals surface area contributed by atoms with E-state index in [2.05, 4.69) is 20.3 Å². The molecular formula is C14H14N4O2. The summed E-state index contributed by atoms with van der Waals surface area (Å²) >= 11 is 0. The first-order valence-electron chi connectivity index (χ1n) is 6.32. The van der Waals surface area contributed by atoms with Crippen molar-refractivity contribution in [1.82, 2.24) is 20.3 Å². The van der Waals surface area contributed by atoms with Gasteiger partial charge in [-0.1, -0.05) is 12.1 Å². The van der Waals surface area contributed by atoms with Crippen LogP contribution in [-0.4, -0.2) is 15.0 Å². The summed E-state index contributed by atoms with van der Waals surface area (Å²) in [5.41, 5.74) is 0.569. The number of oxazole rings is 1. The molecular weight excluding hydrogens is 256 g/mol. The molecule has 3 rings (SSSR count). The van der Waals surface area contributed by atoms with Crippen LogP contribution in [0, 0.1) is 6.92 Å². The van der Waals surface area contributed by atoms with Gasteiger partial charge in [0.1, 0.15) is 11.6 Å². The normalized spacial score (nSPS) is 11.1. The van der Waals surface area contributed by atoms with Crippen molar-refractivity contribution in [3.63, 3.8) is 0 Å². The molecule has 0 aliphatic heterocycles. The number of para-hydroxylation sites is 1. The summed E-state index contributed by atoms with van der Waals surface area (Å²) in [6.07, 6.45) is 1.67. The molecule has 1 aromatic carbocycles. The lowest BCUT2D eigenvalue weighted by molar-refractivity contribution is 0.447. The minimum Gasteiger partial charge on any atom is -0.445 e. The molecule has 0 spiro atoms. The van der Waals surface area contributed by atoms with E-state index in [4.69, 9.17) is 4.42 Å². The maximum atomic E-state index is 11.9. The molecule has 0 fully saturated rings. The van der Waals surface area contributed by atoms with Crippen molar-refractivity contribution in [3.8, 4) is 0 Å². The Kier molecular flexibility index (Phi) is 3.30. The molecule has 20 heavy (non-hydrogen) atoms. The van der Waals surface area contributed by atoms with E-state index in [0.29, 0.717) is 35.7 Å². The van der Waals surface area contributed by atoms with Gasteiger partial charge in [-0.25, -0.2) is 9.97 Å². The van der Waals surface area contributed by atoms with Crippen molar-refractivity contribution < 1.29 is 4.42 Å². The average Bonchev–Trinajstić information content (AvgIpc) is 2.85. The number of fused-ring (bicyclic) bond motifs is 1. The topological polar surface area (TPSA) is 83.8 Å².